The molecule has 0 amide bonds. The molecule has 0 aliphatic heterocycles. The average molecular weight is 245 g/mol. The summed E-state index contributed by atoms with van der Waals surface area (Å²) in [5.74, 6) is 0.612. The predicted octanol–water partition coefficient (Wildman–Crippen LogP) is 0.847. The topological polar surface area (TPSA) is 75.9 Å². The molecule has 1 aliphatic rings. The molecule has 0 saturated heterocycles. The molecule has 1 aromatic carbocycles. The van der Waals surface area contributed by atoms with Gasteiger partial charge in [0.25, 0.3) is 0 Å². The molecular weight excluding hydrogens is 230 g/mol. The number of aromatic nitrogens is 4. The van der Waals surface area contributed by atoms with Gasteiger partial charge in [0.2, 0.25) is 5.95 Å². The number of hydrogen-bond acceptors (Lipinski definition) is 5. The smallest absolute Gasteiger partial charge is 0.247 e. The maximum Gasteiger partial charge on any atom is 0.247 e. The van der Waals surface area contributed by atoms with E-state index >= 15 is 0 Å². The molecule has 2 aromatic rings. The van der Waals surface area contributed by atoms with Crippen LogP contribution in [0.5, 0.6) is 0 Å². The van der Waals surface area contributed by atoms with Gasteiger partial charge in [-0.3, -0.25) is 0 Å². The Morgan fingerprint density at radius 1 is 1.28 bits per heavy atom. The number of benzene rings is 1. The van der Waals surface area contributed by atoms with Gasteiger partial charge in [0.15, 0.2) is 0 Å². The van der Waals surface area contributed by atoms with Crippen LogP contribution in [0.1, 0.15) is 12.8 Å². The lowest BCUT2D eigenvalue weighted by molar-refractivity contribution is 0.219. The molecule has 94 valence electrons. The highest BCUT2D eigenvalue weighted by Gasteiger charge is 2.42. The Hall–Kier alpha value is -1.95. The maximum absolute atomic E-state index is 9.27. The second-order valence-electron chi connectivity index (χ2n) is 4.76. The Labute approximate surface area is 105 Å². The van der Waals surface area contributed by atoms with Crippen molar-refractivity contribution in [3.8, 4) is 5.69 Å². The minimum atomic E-state index is 0.0352. The average Bonchev–Trinajstić information content (AvgIpc) is 3.07. The zero-order chi connectivity index (χ0) is 12.4. The third kappa shape index (κ3) is 2.06. The highest BCUT2D eigenvalue weighted by Crippen LogP contribution is 2.44. The molecular formula is C12H15N5O. The van der Waals surface area contributed by atoms with E-state index in [2.05, 4.69) is 20.8 Å². The van der Waals surface area contributed by atoms with Crippen LogP contribution in [0.2, 0.25) is 0 Å². The number of nitrogens with one attached hydrogen (secondary N) is 1. The first-order valence-corrected chi connectivity index (χ1v) is 6.02. The van der Waals surface area contributed by atoms with Crippen molar-refractivity contribution in [2.45, 2.75) is 12.8 Å². The quantitative estimate of drug-likeness (QED) is 0.816. The van der Waals surface area contributed by atoms with Gasteiger partial charge in [0.1, 0.15) is 0 Å². The fraction of sp³-hybridized carbons (Fsp3) is 0.417. The van der Waals surface area contributed by atoms with Crippen LogP contribution >= 0.6 is 0 Å². The summed E-state index contributed by atoms with van der Waals surface area (Å²) in [5, 5.41) is 24.1. The first-order chi connectivity index (χ1) is 8.83. The standard InChI is InChI=1S/C12H15N5O/c18-9-12(6-7-12)8-13-11-14-15-16-17(11)10-4-2-1-3-5-10/h1-5,18H,6-9H2,(H,13,14,16). The van der Waals surface area contributed by atoms with E-state index in [0.717, 1.165) is 18.5 Å². The number of nitrogens with zero attached hydrogens (tertiary/aromatic N) is 4. The van der Waals surface area contributed by atoms with Gasteiger partial charge in [-0.25, -0.2) is 0 Å². The van der Waals surface area contributed by atoms with Crippen molar-refractivity contribution in [1.29, 1.82) is 0 Å². The Kier molecular flexibility index (Phi) is 2.71. The largest absolute Gasteiger partial charge is 0.396 e. The van der Waals surface area contributed by atoms with E-state index in [1.165, 1.54) is 0 Å². The zero-order valence-electron chi connectivity index (χ0n) is 9.95. The van der Waals surface area contributed by atoms with Gasteiger partial charge in [-0.15, -0.1) is 0 Å². The molecule has 1 saturated carbocycles. The molecule has 18 heavy (non-hydrogen) atoms. The molecule has 3 rings (SSSR count). The first kappa shape index (κ1) is 11.2. The zero-order valence-corrected chi connectivity index (χ0v) is 9.95. The number of para-hydroxylation sites is 1. The summed E-state index contributed by atoms with van der Waals surface area (Å²) in [6, 6.07) is 9.72. The van der Waals surface area contributed by atoms with Gasteiger partial charge in [-0.05, 0) is 35.4 Å². The fourth-order valence-electron chi connectivity index (χ4n) is 1.87. The van der Waals surface area contributed by atoms with Gasteiger partial charge in [0, 0.05) is 12.0 Å². The summed E-state index contributed by atoms with van der Waals surface area (Å²) in [6.07, 6.45) is 2.12. The Morgan fingerprint density at radius 2 is 2.06 bits per heavy atom. The van der Waals surface area contributed by atoms with Crippen molar-refractivity contribution in [1.82, 2.24) is 20.2 Å². The van der Waals surface area contributed by atoms with E-state index in [0.29, 0.717) is 12.5 Å². The van der Waals surface area contributed by atoms with E-state index in [4.69, 9.17) is 0 Å². The molecule has 1 heterocycles. The molecule has 6 nitrogen and oxygen atoms in total. The summed E-state index contributed by atoms with van der Waals surface area (Å²) >= 11 is 0. The van der Waals surface area contributed by atoms with E-state index in [1.54, 1.807) is 4.68 Å². The lowest BCUT2D eigenvalue weighted by Gasteiger charge is -2.13. The highest BCUT2D eigenvalue weighted by atomic mass is 16.3. The van der Waals surface area contributed by atoms with E-state index in [1.807, 2.05) is 30.3 Å². The lowest BCUT2D eigenvalue weighted by atomic mass is 10.1. The van der Waals surface area contributed by atoms with Crippen LogP contribution < -0.4 is 5.32 Å². The van der Waals surface area contributed by atoms with Crippen LogP contribution in [0.15, 0.2) is 30.3 Å². The molecule has 1 aliphatic carbocycles. The normalized spacial score (nSPS) is 16.5. The summed E-state index contributed by atoms with van der Waals surface area (Å²) in [6.45, 7) is 0.920. The number of anilines is 1. The molecule has 0 spiro atoms. The predicted molar refractivity (Wildman–Crippen MR) is 66.4 cm³/mol. The van der Waals surface area contributed by atoms with Gasteiger partial charge < -0.3 is 10.4 Å². The highest BCUT2D eigenvalue weighted by molar-refractivity contribution is 5.38. The summed E-state index contributed by atoms with van der Waals surface area (Å²) in [5.41, 5.74) is 0.951. The number of tetrazole rings is 1. The summed E-state index contributed by atoms with van der Waals surface area (Å²) in [4.78, 5) is 0. The van der Waals surface area contributed by atoms with Gasteiger partial charge in [-0.1, -0.05) is 23.3 Å². The second-order valence-corrected chi connectivity index (χ2v) is 4.76. The van der Waals surface area contributed by atoms with Crippen molar-refractivity contribution < 1.29 is 5.11 Å². The van der Waals surface area contributed by atoms with Crippen molar-refractivity contribution in [3.63, 3.8) is 0 Å². The lowest BCUT2D eigenvalue weighted by Crippen LogP contribution is -2.21. The number of hydrogen-bond donors (Lipinski definition) is 2. The SMILES string of the molecule is OCC1(CNc2nnnn2-c2ccccc2)CC1. The Bertz CT molecular complexity index is 520. The minimum Gasteiger partial charge on any atom is -0.396 e. The van der Waals surface area contributed by atoms with E-state index in [-0.39, 0.29) is 12.0 Å². The van der Waals surface area contributed by atoms with Crippen molar-refractivity contribution in [3.05, 3.63) is 30.3 Å². The van der Waals surface area contributed by atoms with Crippen molar-refractivity contribution in [2.24, 2.45) is 5.41 Å². The van der Waals surface area contributed by atoms with E-state index < -0.39 is 0 Å². The number of aliphatic hydroxyl groups excluding tert-OH is 1. The third-order valence-electron chi connectivity index (χ3n) is 3.38. The molecule has 0 radical (unpaired) electrons. The summed E-state index contributed by atoms with van der Waals surface area (Å²) in [7, 11) is 0. The van der Waals surface area contributed by atoms with Crippen LogP contribution in [-0.2, 0) is 0 Å². The fourth-order valence-corrected chi connectivity index (χ4v) is 1.87. The van der Waals surface area contributed by atoms with Gasteiger partial charge in [-0.2, -0.15) is 4.68 Å². The van der Waals surface area contributed by atoms with Crippen LogP contribution in [0.25, 0.3) is 5.69 Å². The Balaban J connectivity index is 1.76. The summed E-state index contributed by atoms with van der Waals surface area (Å²) < 4.78 is 1.66. The van der Waals surface area contributed by atoms with Crippen LogP contribution in [0.4, 0.5) is 5.95 Å². The molecule has 6 heteroatoms. The van der Waals surface area contributed by atoms with Crippen molar-refractivity contribution in [2.75, 3.05) is 18.5 Å². The molecule has 2 N–H and O–H groups in total. The molecule has 0 unspecified atom stereocenters. The van der Waals surface area contributed by atoms with Crippen LogP contribution in [-0.4, -0.2) is 38.5 Å². The van der Waals surface area contributed by atoms with Gasteiger partial charge >= 0.3 is 0 Å². The molecule has 0 bridgehead atoms. The van der Waals surface area contributed by atoms with Crippen LogP contribution in [0, 0.1) is 5.41 Å². The molecule has 1 aromatic heterocycles. The number of aliphatic hydroxyl groups is 1. The molecule has 0 atom stereocenters. The monoisotopic (exact) mass is 245 g/mol. The molecule has 1 fully saturated rings. The second kappa shape index (κ2) is 4.38. The first-order valence-electron chi connectivity index (χ1n) is 6.02. The van der Waals surface area contributed by atoms with Gasteiger partial charge in [0.05, 0.1) is 12.3 Å². The Morgan fingerprint density at radius 3 is 2.72 bits per heavy atom. The minimum absolute atomic E-state index is 0.0352. The van der Waals surface area contributed by atoms with E-state index in [9.17, 15) is 5.11 Å². The third-order valence-corrected chi connectivity index (χ3v) is 3.38. The van der Waals surface area contributed by atoms with Crippen LogP contribution in [0.3, 0.4) is 0 Å². The maximum atomic E-state index is 9.27. The van der Waals surface area contributed by atoms with Crippen molar-refractivity contribution >= 4 is 5.95 Å². The number of rotatable bonds is 5.